The van der Waals surface area contributed by atoms with Crippen LogP contribution in [0.1, 0.15) is 11.4 Å². The number of hydrogen-bond donors (Lipinski definition) is 0. The maximum atomic E-state index is 6.17. The smallest absolute Gasteiger partial charge is 0.176 e. The number of aryl methyl sites for hydroxylation is 2. The lowest BCUT2D eigenvalue weighted by Gasteiger charge is -2.07. The molecule has 0 saturated carbocycles. The third-order valence-corrected chi connectivity index (χ3v) is 4.67. The van der Waals surface area contributed by atoms with Gasteiger partial charge in [0, 0.05) is 23.2 Å². The zero-order chi connectivity index (χ0) is 18.5. The predicted molar refractivity (Wildman–Crippen MR) is 101 cm³/mol. The fourth-order valence-electron chi connectivity index (χ4n) is 2.97. The van der Waals surface area contributed by atoms with Gasteiger partial charge in [-0.15, -0.1) is 4.80 Å². The Kier molecular flexibility index (Phi) is 3.41. The average Bonchev–Trinajstić information content (AvgIpc) is 3.27. The molecule has 0 aliphatic carbocycles. The molecular formula is C18H13ClN8. The second-order valence-electron chi connectivity index (χ2n) is 6.17. The molecule has 8 nitrogen and oxygen atoms in total. The Hall–Kier alpha value is -3.39. The monoisotopic (exact) mass is 376 g/mol. The molecule has 9 heteroatoms. The van der Waals surface area contributed by atoms with Gasteiger partial charge in [-0.3, -0.25) is 0 Å². The molecule has 0 unspecified atom stereocenters. The fourth-order valence-corrected chi connectivity index (χ4v) is 3.10. The molecule has 5 aromatic heterocycles. The number of pyridine rings is 2. The molecule has 5 aromatic rings. The predicted octanol–water partition coefficient (Wildman–Crippen LogP) is 3.19. The first-order valence-corrected chi connectivity index (χ1v) is 8.64. The molecular weight excluding hydrogens is 364 g/mol. The number of imidazole rings is 1. The summed E-state index contributed by atoms with van der Waals surface area (Å²) in [6.07, 6.45) is 5.19. The van der Waals surface area contributed by atoms with Gasteiger partial charge in [-0.05, 0) is 32.0 Å². The summed E-state index contributed by atoms with van der Waals surface area (Å²) >= 11 is 6.17. The largest absolute Gasteiger partial charge is 0.237 e. The van der Waals surface area contributed by atoms with Crippen LogP contribution in [0.15, 0.2) is 42.9 Å². The van der Waals surface area contributed by atoms with Gasteiger partial charge in [0.1, 0.15) is 0 Å². The lowest BCUT2D eigenvalue weighted by atomic mass is 10.1. The summed E-state index contributed by atoms with van der Waals surface area (Å²) in [4.78, 5) is 14.9. The van der Waals surface area contributed by atoms with Gasteiger partial charge in [0.2, 0.25) is 0 Å². The molecule has 0 aliphatic heterocycles. The van der Waals surface area contributed by atoms with Crippen molar-refractivity contribution >= 4 is 28.3 Å². The Balaban J connectivity index is 1.71. The molecule has 0 saturated heterocycles. The molecule has 0 atom stereocenters. The van der Waals surface area contributed by atoms with Crippen LogP contribution in [0.5, 0.6) is 0 Å². The van der Waals surface area contributed by atoms with E-state index >= 15 is 0 Å². The minimum Gasteiger partial charge on any atom is -0.237 e. The van der Waals surface area contributed by atoms with Crippen molar-refractivity contribution in [3.63, 3.8) is 0 Å². The number of fused-ring (bicyclic) bond motifs is 2. The highest BCUT2D eigenvalue weighted by molar-refractivity contribution is 6.31. The molecule has 0 aliphatic rings. The molecule has 0 spiro atoms. The standard InChI is InChI=1S/C18H13ClN8/c1-10-8-22-27(24-10)16-4-3-13-12(5-6-20-18(13)23-16)15-9-21-17-7-14(19)11(2)25-26(15)17/h3-9H,1-2H3. The van der Waals surface area contributed by atoms with E-state index in [-0.39, 0.29) is 0 Å². The van der Waals surface area contributed by atoms with E-state index in [0.29, 0.717) is 22.1 Å². The van der Waals surface area contributed by atoms with Gasteiger partial charge >= 0.3 is 0 Å². The molecule has 0 radical (unpaired) electrons. The highest BCUT2D eigenvalue weighted by atomic mass is 35.5. The third-order valence-electron chi connectivity index (χ3n) is 4.29. The van der Waals surface area contributed by atoms with Crippen molar-refractivity contribution in [1.82, 2.24) is 39.6 Å². The van der Waals surface area contributed by atoms with Gasteiger partial charge in [-0.25, -0.2) is 19.5 Å². The third kappa shape index (κ3) is 2.53. The van der Waals surface area contributed by atoms with Gasteiger partial charge in [0.25, 0.3) is 0 Å². The Labute approximate surface area is 158 Å². The van der Waals surface area contributed by atoms with E-state index in [2.05, 4.69) is 30.2 Å². The van der Waals surface area contributed by atoms with Crippen LogP contribution in [0.25, 0.3) is 33.8 Å². The number of hydrogen-bond acceptors (Lipinski definition) is 6. The Morgan fingerprint density at radius 2 is 1.89 bits per heavy atom. The second-order valence-corrected chi connectivity index (χ2v) is 6.57. The molecule has 132 valence electrons. The lowest BCUT2D eigenvalue weighted by molar-refractivity contribution is 0.726. The van der Waals surface area contributed by atoms with Crippen LogP contribution >= 0.6 is 11.6 Å². The summed E-state index contributed by atoms with van der Waals surface area (Å²) in [5.41, 5.74) is 4.63. The molecule has 5 heterocycles. The van der Waals surface area contributed by atoms with Crippen molar-refractivity contribution in [2.75, 3.05) is 0 Å². The quantitative estimate of drug-likeness (QED) is 0.470. The van der Waals surface area contributed by atoms with Crippen LogP contribution in [0.4, 0.5) is 0 Å². The Morgan fingerprint density at radius 1 is 1.00 bits per heavy atom. The normalized spacial score (nSPS) is 11.5. The van der Waals surface area contributed by atoms with E-state index in [4.69, 9.17) is 11.6 Å². The maximum absolute atomic E-state index is 6.17. The Bertz CT molecular complexity index is 1320. The second kappa shape index (κ2) is 5.82. The van der Waals surface area contributed by atoms with E-state index in [1.54, 1.807) is 29.2 Å². The maximum Gasteiger partial charge on any atom is 0.176 e. The molecule has 0 amide bonds. The molecule has 0 fully saturated rings. The van der Waals surface area contributed by atoms with E-state index in [0.717, 1.165) is 28.0 Å². The van der Waals surface area contributed by atoms with E-state index in [9.17, 15) is 0 Å². The van der Waals surface area contributed by atoms with Gasteiger partial charge in [0.15, 0.2) is 17.1 Å². The summed E-state index contributed by atoms with van der Waals surface area (Å²) in [6, 6.07) is 7.56. The van der Waals surface area contributed by atoms with E-state index in [1.165, 1.54) is 4.80 Å². The SMILES string of the molecule is Cc1cnn(-c2ccc3c(-c4cnc5cc(Cl)c(C)nn45)ccnc3n2)n1. The average molecular weight is 377 g/mol. The van der Waals surface area contributed by atoms with E-state index < -0.39 is 0 Å². The van der Waals surface area contributed by atoms with Gasteiger partial charge in [-0.2, -0.15) is 15.3 Å². The van der Waals surface area contributed by atoms with E-state index in [1.807, 2.05) is 32.0 Å². The van der Waals surface area contributed by atoms with Crippen LogP contribution < -0.4 is 0 Å². The first-order chi connectivity index (χ1) is 13.1. The molecule has 0 N–H and O–H groups in total. The lowest BCUT2D eigenvalue weighted by Crippen LogP contribution is -2.03. The van der Waals surface area contributed by atoms with Crippen LogP contribution in [-0.4, -0.2) is 39.6 Å². The summed E-state index contributed by atoms with van der Waals surface area (Å²) in [6.45, 7) is 3.75. The zero-order valence-corrected chi connectivity index (χ0v) is 15.3. The summed E-state index contributed by atoms with van der Waals surface area (Å²) in [5, 5.41) is 14.5. The van der Waals surface area contributed by atoms with Gasteiger partial charge < -0.3 is 0 Å². The summed E-state index contributed by atoms with van der Waals surface area (Å²) in [5.74, 6) is 0.610. The topological polar surface area (TPSA) is 86.7 Å². The van der Waals surface area contributed by atoms with Crippen molar-refractivity contribution in [3.8, 4) is 17.1 Å². The van der Waals surface area contributed by atoms with Gasteiger partial charge in [0.05, 0.1) is 34.5 Å². The minimum absolute atomic E-state index is 0.590. The summed E-state index contributed by atoms with van der Waals surface area (Å²) in [7, 11) is 0. The van der Waals surface area contributed by atoms with Crippen LogP contribution in [0.2, 0.25) is 5.02 Å². The van der Waals surface area contributed by atoms with Crippen LogP contribution in [0.3, 0.4) is 0 Å². The Morgan fingerprint density at radius 3 is 2.70 bits per heavy atom. The van der Waals surface area contributed by atoms with Crippen molar-refractivity contribution in [3.05, 3.63) is 59.3 Å². The molecule has 5 rings (SSSR count). The number of halogens is 1. The first-order valence-electron chi connectivity index (χ1n) is 8.26. The van der Waals surface area contributed by atoms with Crippen LogP contribution in [0, 0.1) is 13.8 Å². The highest BCUT2D eigenvalue weighted by Crippen LogP contribution is 2.28. The summed E-state index contributed by atoms with van der Waals surface area (Å²) < 4.78 is 1.78. The van der Waals surface area contributed by atoms with Crippen LogP contribution in [-0.2, 0) is 0 Å². The number of aromatic nitrogens is 8. The molecule has 0 aromatic carbocycles. The number of rotatable bonds is 2. The molecule has 0 bridgehead atoms. The fraction of sp³-hybridized carbons (Fsp3) is 0.111. The van der Waals surface area contributed by atoms with Gasteiger partial charge in [-0.1, -0.05) is 11.6 Å². The zero-order valence-electron chi connectivity index (χ0n) is 14.5. The van der Waals surface area contributed by atoms with Crippen molar-refractivity contribution in [2.24, 2.45) is 0 Å². The number of nitrogens with zero attached hydrogens (tertiary/aromatic N) is 8. The van der Waals surface area contributed by atoms with Crippen molar-refractivity contribution in [2.45, 2.75) is 13.8 Å². The van der Waals surface area contributed by atoms with Crippen molar-refractivity contribution < 1.29 is 0 Å². The molecule has 27 heavy (non-hydrogen) atoms. The first kappa shape index (κ1) is 15.8. The van der Waals surface area contributed by atoms with Crippen molar-refractivity contribution in [1.29, 1.82) is 0 Å². The highest BCUT2D eigenvalue weighted by Gasteiger charge is 2.14. The minimum atomic E-state index is 0.590.